The molecular formula is C10H20O3. The summed E-state index contributed by atoms with van der Waals surface area (Å²) in [7, 11) is 1.70. The van der Waals surface area contributed by atoms with Gasteiger partial charge in [0, 0.05) is 26.2 Å². The Morgan fingerprint density at radius 2 is 2.38 bits per heavy atom. The molecular weight excluding hydrogens is 168 g/mol. The largest absolute Gasteiger partial charge is 0.393 e. The van der Waals surface area contributed by atoms with Gasteiger partial charge in [0.2, 0.25) is 0 Å². The highest BCUT2D eigenvalue weighted by Crippen LogP contribution is 2.21. The summed E-state index contributed by atoms with van der Waals surface area (Å²) in [6.45, 7) is 4.36. The topological polar surface area (TPSA) is 38.7 Å². The van der Waals surface area contributed by atoms with Crippen LogP contribution in [0.4, 0.5) is 0 Å². The lowest BCUT2D eigenvalue weighted by Crippen LogP contribution is -2.24. The summed E-state index contributed by atoms with van der Waals surface area (Å²) in [6.07, 6.45) is 1.61. The van der Waals surface area contributed by atoms with E-state index in [1.807, 2.05) is 0 Å². The first-order chi connectivity index (χ1) is 6.24. The zero-order valence-corrected chi connectivity index (χ0v) is 8.53. The van der Waals surface area contributed by atoms with Crippen molar-refractivity contribution in [1.82, 2.24) is 0 Å². The van der Waals surface area contributed by atoms with Crippen molar-refractivity contribution in [3.63, 3.8) is 0 Å². The number of hydrogen-bond acceptors (Lipinski definition) is 3. The minimum atomic E-state index is -0.215. The number of ether oxygens (including phenoxy) is 2. The second-order valence-electron chi connectivity index (χ2n) is 3.99. The van der Waals surface area contributed by atoms with E-state index < -0.39 is 0 Å². The van der Waals surface area contributed by atoms with E-state index >= 15 is 0 Å². The van der Waals surface area contributed by atoms with Crippen molar-refractivity contribution in [1.29, 1.82) is 0 Å². The van der Waals surface area contributed by atoms with Crippen LogP contribution in [0.3, 0.4) is 0 Å². The Morgan fingerprint density at radius 1 is 1.62 bits per heavy atom. The second kappa shape index (κ2) is 5.58. The van der Waals surface area contributed by atoms with Gasteiger partial charge in [-0.2, -0.15) is 0 Å². The standard InChI is InChI=1S/C10H20O3/c1-8(6-12-2)5-10(11)9-3-4-13-7-9/h8-11H,3-7H2,1-2H3. The lowest BCUT2D eigenvalue weighted by molar-refractivity contribution is 0.0556. The van der Waals surface area contributed by atoms with Crippen LogP contribution in [0.5, 0.6) is 0 Å². The maximum atomic E-state index is 9.81. The molecule has 0 amide bonds. The summed E-state index contributed by atoms with van der Waals surface area (Å²) in [5.74, 6) is 0.778. The van der Waals surface area contributed by atoms with Crippen molar-refractivity contribution in [3.8, 4) is 0 Å². The Morgan fingerprint density at radius 3 is 2.92 bits per heavy atom. The minimum absolute atomic E-state index is 0.215. The van der Waals surface area contributed by atoms with Crippen molar-refractivity contribution in [2.75, 3.05) is 26.9 Å². The van der Waals surface area contributed by atoms with Crippen molar-refractivity contribution in [2.24, 2.45) is 11.8 Å². The van der Waals surface area contributed by atoms with Crippen LogP contribution in [0, 0.1) is 11.8 Å². The Balaban J connectivity index is 2.18. The predicted molar refractivity (Wildman–Crippen MR) is 50.6 cm³/mol. The average Bonchev–Trinajstić information content (AvgIpc) is 2.55. The third kappa shape index (κ3) is 3.63. The molecule has 1 aliphatic rings. The van der Waals surface area contributed by atoms with Crippen molar-refractivity contribution in [3.05, 3.63) is 0 Å². The van der Waals surface area contributed by atoms with Gasteiger partial charge in [0.1, 0.15) is 0 Å². The summed E-state index contributed by atoms with van der Waals surface area (Å²) >= 11 is 0. The van der Waals surface area contributed by atoms with Gasteiger partial charge in [-0.15, -0.1) is 0 Å². The molecule has 3 unspecified atom stereocenters. The van der Waals surface area contributed by atoms with Crippen LogP contribution in [0.1, 0.15) is 19.8 Å². The predicted octanol–water partition coefficient (Wildman–Crippen LogP) is 1.06. The van der Waals surface area contributed by atoms with Gasteiger partial charge < -0.3 is 14.6 Å². The molecule has 1 aliphatic heterocycles. The fraction of sp³-hybridized carbons (Fsp3) is 1.00. The first-order valence-electron chi connectivity index (χ1n) is 4.98. The molecule has 3 nitrogen and oxygen atoms in total. The zero-order chi connectivity index (χ0) is 9.68. The molecule has 1 fully saturated rings. The number of rotatable bonds is 5. The van der Waals surface area contributed by atoms with Crippen LogP contribution < -0.4 is 0 Å². The van der Waals surface area contributed by atoms with Gasteiger partial charge in [0.05, 0.1) is 12.7 Å². The molecule has 0 aliphatic carbocycles. The van der Waals surface area contributed by atoms with Crippen molar-refractivity contribution in [2.45, 2.75) is 25.9 Å². The highest BCUT2D eigenvalue weighted by Gasteiger charge is 2.25. The summed E-state index contributed by atoms with van der Waals surface area (Å²) < 4.78 is 10.3. The van der Waals surface area contributed by atoms with Crippen molar-refractivity contribution >= 4 is 0 Å². The number of methoxy groups -OCH3 is 1. The van der Waals surface area contributed by atoms with Crippen LogP contribution >= 0.6 is 0 Å². The fourth-order valence-electron chi connectivity index (χ4n) is 1.81. The van der Waals surface area contributed by atoms with E-state index in [-0.39, 0.29) is 6.10 Å². The van der Waals surface area contributed by atoms with Crippen LogP contribution in [0.2, 0.25) is 0 Å². The van der Waals surface area contributed by atoms with Crippen molar-refractivity contribution < 1.29 is 14.6 Å². The molecule has 0 radical (unpaired) electrons. The van der Waals surface area contributed by atoms with Gasteiger partial charge in [-0.1, -0.05) is 6.92 Å². The number of aliphatic hydroxyl groups is 1. The number of hydrogen-bond donors (Lipinski definition) is 1. The average molecular weight is 188 g/mol. The lowest BCUT2D eigenvalue weighted by Gasteiger charge is -2.19. The van der Waals surface area contributed by atoms with E-state index in [9.17, 15) is 5.11 Å². The molecule has 0 spiro atoms. The first-order valence-corrected chi connectivity index (χ1v) is 4.98. The van der Waals surface area contributed by atoms with Gasteiger partial charge in [0.25, 0.3) is 0 Å². The second-order valence-corrected chi connectivity index (χ2v) is 3.99. The van der Waals surface area contributed by atoms with E-state index in [1.54, 1.807) is 7.11 Å². The quantitative estimate of drug-likeness (QED) is 0.701. The monoisotopic (exact) mass is 188 g/mol. The SMILES string of the molecule is COCC(C)CC(O)C1CCOC1. The summed E-state index contributed by atoms with van der Waals surface area (Å²) in [4.78, 5) is 0. The maximum absolute atomic E-state index is 9.81. The molecule has 3 atom stereocenters. The normalized spacial score (nSPS) is 27.5. The van der Waals surface area contributed by atoms with Crippen LogP contribution in [0.25, 0.3) is 0 Å². The zero-order valence-electron chi connectivity index (χ0n) is 8.53. The molecule has 1 saturated heterocycles. The Bertz CT molecular complexity index is 132. The lowest BCUT2D eigenvalue weighted by atomic mass is 9.93. The summed E-state index contributed by atoms with van der Waals surface area (Å²) in [5, 5.41) is 9.81. The molecule has 3 heteroatoms. The van der Waals surface area contributed by atoms with E-state index in [0.29, 0.717) is 11.8 Å². The maximum Gasteiger partial charge on any atom is 0.0594 e. The highest BCUT2D eigenvalue weighted by atomic mass is 16.5. The van der Waals surface area contributed by atoms with E-state index in [0.717, 1.165) is 32.7 Å². The molecule has 13 heavy (non-hydrogen) atoms. The molecule has 0 aromatic rings. The molecule has 1 N–H and O–H groups in total. The Kier molecular flexibility index (Phi) is 4.70. The van der Waals surface area contributed by atoms with Gasteiger partial charge in [-0.3, -0.25) is 0 Å². The van der Waals surface area contributed by atoms with E-state index in [4.69, 9.17) is 9.47 Å². The third-order valence-electron chi connectivity index (χ3n) is 2.60. The summed E-state index contributed by atoms with van der Waals surface area (Å²) in [6, 6.07) is 0. The van der Waals surface area contributed by atoms with Crippen LogP contribution in [-0.4, -0.2) is 38.1 Å². The van der Waals surface area contributed by atoms with Gasteiger partial charge >= 0.3 is 0 Å². The molecule has 0 saturated carbocycles. The highest BCUT2D eigenvalue weighted by molar-refractivity contribution is 4.74. The fourth-order valence-corrected chi connectivity index (χ4v) is 1.81. The molecule has 1 heterocycles. The van der Waals surface area contributed by atoms with Gasteiger partial charge in [-0.05, 0) is 18.8 Å². The van der Waals surface area contributed by atoms with Crippen LogP contribution in [0.15, 0.2) is 0 Å². The molecule has 0 aromatic carbocycles. The third-order valence-corrected chi connectivity index (χ3v) is 2.60. The van der Waals surface area contributed by atoms with Gasteiger partial charge in [-0.25, -0.2) is 0 Å². The molecule has 1 rings (SSSR count). The minimum Gasteiger partial charge on any atom is -0.393 e. The van der Waals surface area contributed by atoms with Gasteiger partial charge in [0.15, 0.2) is 0 Å². The number of aliphatic hydroxyl groups excluding tert-OH is 1. The summed E-state index contributed by atoms with van der Waals surface area (Å²) in [5.41, 5.74) is 0. The van der Waals surface area contributed by atoms with E-state index in [2.05, 4.69) is 6.92 Å². The molecule has 0 bridgehead atoms. The Labute approximate surface area is 80.0 Å². The Hall–Kier alpha value is -0.120. The van der Waals surface area contributed by atoms with E-state index in [1.165, 1.54) is 0 Å². The smallest absolute Gasteiger partial charge is 0.0594 e. The molecule has 0 aromatic heterocycles. The van der Waals surface area contributed by atoms with Crippen LogP contribution in [-0.2, 0) is 9.47 Å². The first kappa shape index (κ1) is 11.0. The molecule has 78 valence electrons.